The zero-order valence-corrected chi connectivity index (χ0v) is 15.6. The van der Waals surface area contributed by atoms with E-state index in [2.05, 4.69) is 20.7 Å². The Morgan fingerprint density at radius 2 is 1.79 bits per heavy atom. The van der Waals surface area contributed by atoms with Crippen LogP contribution in [0.25, 0.3) is 0 Å². The first kappa shape index (κ1) is 18.6. The van der Waals surface area contributed by atoms with Crippen LogP contribution >= 0.6 is 15.9 Å². The molecule has 0 heterocycles. The largest absolute Gasteiger partial charge is 0.461 e. The minimum Gasteiger partial charge on any atom is -0.461 e. The Hall–Kier alpha value is -1.70. The predicted octanol–water partition coefficient (Wildman–Crippen LogP) is 3.17. The second-order valence-corrected chi connectivity index (χ2v) is 7.81. The van der Waals surface area contributed by atoms with Crippen molar-refractivity contribution < 1.29 is 17.9 Å². The number of benzene rings is 2. The molecular weight excluding hydrogens is 394 g/mol. The average Bonchev–Trinajstić information content (AvgIpc) is 2.54. The molecule has 0 aromatic heterocycles. The molecule has 2 aromatic carbocycles. The van der Waals surface area contributed by atoms with E-state index in [0.717, 1.165) is 11.1 Å². The van der Waals surface area contributed by atoms with Crippen LogP contribution in [0.1, 0.15) is 17.5 Å². The number of sulfonamides is 1. The van der Waals surface area contributed by atoms with Crippen molar-refractivity contribution in [3.05, 3.63) is 64.1 Å². The number of ether oxygens (including phenoxy) is 1. The molecule has 1 N–H and O–H groups in total. The van der Waals surface area contributed by atoms with Crippen LogP contribution < -0.4 is 4.72 Å². The first-order valence-electron chi connectivity index (χ1n) is 7.34. The van der Waals surface area contributed by atoms with Crippen molar-refractivity contribution >= 4 is 31.9 Å². The van der Waals surface area contributed by atoms with Gasteiger partial charge in [0.05, 0.1) is 11.3 Å². The molecule has 0 aliphatic rings. The van der Waals surface area contributed by atoms with Crippen LogP contribution in [0.2, 0.25) is 0 Å². The minimum absolute atomic E-state index is 0.0175. The summed E-state index contributed by atoms with van der Waals surface area (Å²) in [6.45, 7) is 2.14. The van der Waals surface area contributed by atoms with E-state index in [-0.39, 0.29) is 24.5 Å². The molecule has 0 fully saturated rings. The third-order valence-corrected chi connectivity index (χ3v) is 5.74. The average molecular weight is 412 g/mol. The van der Waals surface area contributed by atoms with Crippen LogP contribution in [0.15, 0.2) is 57.9 Å². The third kappa shape index (κ3) is 5.43. The summed E-state index contributed by atoms with van der Waals surface area (Å²) in [5, 5.41) is 0. The van der Waals surface area contributed by atoms with Gasteiger partial charge in [-0.1, -0.05) is 42.0 Å². The Bertz CT molecular complexity index is 804. The van der Waals surface area contributed by atoms with E-state index in [1.165, 1.54) is 6.07 Å². The van der Waals surface area contributed by atoms with Crippen LogP contribution in [0.4, 0.5) is 0 Å². The summed E-state index contributed by atoms with van der Waals surface area (Å²) in [7, 11) is -3.66. The maximum absolute atomic E-state index is 12.2. The number of hydrogen-bond donors (Lipinski definition) is 1. The zero-order chi connectivity index (χ0) is 17.6. The summed E-state index contributed by atoms with van der Waals surface area (Å²) in [5.41, 5.74) is 2.02. The lowest BCUT2D eigenvalue weighted by atomic mass is 10.2. The second-order valence-electron chi connectivity index (χ2n) is 5.22. The molecule has 0 bridgehead atoms. The lowest BCUT2D eigenvalue weighted by Gasteiger charge is -2.08. The van der Waals surface area contributed by atoms with Gasteiger partial charge in [0.15, 0.2) is 0 Å². The molecule has 0 unspecified atom stereocenters. The predicted molar refractivity (Wildman–Crippen MR) is 94.9 cm³/mol. The number of hydrogen-bond acceptors (Lipinski definition) is 4. The van der Waals surface area contributed by atoms with Gasteiger partial charge in [-0.3, -0.25) is 4.79 Å². The molecule has 0 atom stereocenters. The Morgan fingerprint density at radius 1 is 1.12 bits per heavy atom. The van der Waals surface area contributed by atoms with Crippen molar-refractivity contribution in [2.45, 2.75) is 24.8 Å². The van der Waals surface area contributed by atoms with Gasteiger partial charge in [-0.15, -0.1) is 0 Å². The smallest absolute Gasteiger partial charge is 0.307 e. The quantitative estimate of drug-likeness (QED) is 0.710. The van der Waals surface area contributed by atoms with E-state index in [9.17, 15) is 13.2 Å². The number of carbonyl (C=O) groups is 1. The Kier molecular flexibility index (Phi) is 6.53. The lowest BCUT2D eigenvalue weighted by molar-refractivity contribution is -0.144. The van der Waals surface area contributed by atoms with Gasteiger partial charge in [-0.25, -0.2) is 13.1 Å². The molecule has 2 rings (SSSR count). The molecule has 0 saturated carbocycles. The number of esters is 1. The van der Waals surface area contributed by atoms with Gasteiger partial charge in [0.25, 0.3) is 0 Å². The number of nitrogens with one attached hydrogen (secondary N) is 1. The molecule has 0 spiro atoms. The number of rotatable bonds is 7. The minimum atomic E-state index is -3.66. The first-order chi connectivity index (χ1) is 11.4. The lowest BCUT2D eigenvalue weighted by Crippen LogP contribution is -2.27. The standard InChI is InChI=1S/C17H18BrNO4S/c1-13-6-8-14(9-7-13)12-23-17(20)10-11-19-24(21,22)16-5-3-2-4-15(16)18/h2-9,19H,10-12H2,1H3. The summed E-state index contributed by atoms with van der Waals surface area (Å²) < 4.78 is 32.3. The summed E-state index contributed by atoms with van der Waals surface area (Å²) in [6.07, 6.45) is -0.0322. The topological polar surface area (TPSA) is 72.5 Å². The van der Waals surface area contributed by atoms with Crippen molar-refractivity contribution in [1.29, 1.82) is 0 Å². The van der Waals surface area contributed by atoms with Crippen LogP contribution in [-0.4, -0.2) is 20.9 Å². The number of carbonyl (C=O) groups excluding carboxylic acids is 1. The number of halogens is 1. The highest BCUT2D eigenvalue weighted by Gasteiger charge is 2.17. The molecular formula is C17H18BrNO4S. The fourth-order valence-corrected chi connectivity index (χ4v) is 3.98. The maximum atomic E-state index is 12.2. The van der Waals surface area contributed by atoms with Crippen LogP contribution in [0.5, 0.6) is 0 Å². The third-order valence-electron chi connectivity index (χ3n) is 3.27. The van der Waals surface area contributed by atoms with E-state index in [1.54, 1.807) is 18.2 Å². The van der Waals surface area contributed by atoms with Crippen molar-refractivity contribution in [3.63, 3.8) is 0 Å². The van der Waals surface area contributed by atoms with Gasteiger partial charge < -0.3 is 4.74 Å². The summed E-state index contributed by atoms with van der Waals surface area (Å²) in [5.74, 6) is -0.453. The highest BCUT2D eigenvalue weighted by Crippen LogP contribution is 2.20. The van der Waals surface area contributed by atoms with Crippen molar-refractivity contribution in [2.24, 2.45) is 0 Å². The molecule has 2 aromatic rings. The molecule has 0 aliphatic heterocycles. The van der Waals surface area contributed by atoms with E-state index in [1.807, 2.05) is 31.2 Å². The zero-order valence-electron chi connectivity index (χ0n) is 13.2. The summed E-state index contributed by atoms with van der Waals surface area (Å²) in [4.78, 5) is 11.8. The highest BCUT2D eigenvalue weighted by molar-refractivity contribution is 9.10. The van der Waals surface area contributed by atoms with Crippen LogP contribution in [0, 0.1) is 6.92 Å². The molecule has 0 saturated heterocycles. The van der Waals surface area contributed by atoms with Crippen LogP contribution in [0.3, 0.4) is 0 Å². The summed E-state index contributed by atoms with van der Waals surface area (Å²) in [6, 6.07) is 14.1. The SMILES string of the molecule is Cc1ccc(COC(=O)CCNS(=O)(=O)c2ccccc2Br)cc1. The van der Waals surface area contributed by atoms with Crippen LogP contribution in [-0.2, 0) is 26.2 Å². The fraction of sp³-hybridized carbons (Fsp3) is 0.235. The molecule has 7 heteroatoms. The normalized spacial score (nSPS) is 11.2. The molecule has 24 heavy (non-hydrogen) atoms. The van der Waals surface area contributed by atoms with Gasteiger partial charge in [0.1, 0.15) is 6.61 Å². The van der Waals surface area contributed by atoms with E-state index < -0.39 is 16.0 Å². The van der Waals surface area contributed by atoms with E-state index in [0.29, 0.717) is 4.47 Å². The van der Waals surface area contributed by atoms with Gasteiger partial charge in [-0.05, 0) is 40.5 Å². The summed E-state index contributed by atoms with van der Waals surface area (Å²) >= 11 is 3.20. The molecule has 128 valence electrons. The molecule has 0 amide bonds. The van der Waals surface area contributed by atoms with Crippen molar-refractivity contribution in [2.75, 3.05) is 6.54 Å². The van der Waals surface area contributed by atoms with Crippen molar-refractivity contribution in [1.82, 2.24) is 4.72 Å². The Balaban J connectivity index is 1.80. The number of aryl methyl sites for hydroxylation is 1. The monoisotopic (exact) mass is 411 g/mol. The highest BCUT2D eigenvalue weighted by atomic mass is 79.9. The maximum Gasteiger partial charge on any atom is 0.307 e. The second kappa shape index (κ2) is 8.41. The fourth-order valence-electron chi connectivity index (χ4n) is 1.95. The van der Waals surface area contributed by atoms with E-state index in [4.69, 9.17) is 4.74 Å². The van der Waals surface area contributed by atoms with Crippen molar-refractivity contribution in [3.8, 4) is 0 Å². The first-order valence-corrected chi connectivity index (χ1v) is 9.61. The van der Waals surface area contributed by atoms with Gasteiger partial charge in [0.2, 0.25) is 10.0 Å². The van der Waals surface area contributed by atoms with Gasteiger partial charge in [0, 0.05) is 11.0 Å². The Morgan fingerprint density at radius 3 is 2.46 bits per heavy atom. The molecule has 0 radical (unpaired) electrons. The Labute approximate surface area is 150 Å². The van der Waals surface area contributed by atoms with E-state index >= 15 is 0 Å². The van der Waals surface area contributed by atoms with Gasteiger partial charge >= 0.3 is 5.97 Å². The van der Waals surface area contributed by atoms with Gasteiger partial charge in [-0.2, -0.15) is 0 Å². The molecule has 5 nitrogen and oxygen atoms in total. The molecule has 0 aliphatic carbocycles.